The highest BCUT2D eigenvalue weighted by molar-refractivity contribution is 8.11. The van der Waals surface area contributed by atoms with Gasteiger partial charge in [0.05, 0.1) is 11.9 Å². The minimum absolute atomic E-state index is 0.0147. The van der Waals surface area contributed by atoms with Crippen molar-refractivity contribution in [3.8, 4) is 0 Å². The maximum Gasteiger partial charge on any atom is 0.282 e. The van der Waals surface area contributed by atoms with Gasteiger partial charge in [-0.3, -0.25) is 4.57 Å². The van der Waals surface area contributed by atoms with Gasteiger partial charge in [0, 0.05) is 0 Å². The van der Waals surface area contributed by atoms with Crippen LogP contribution in [0.5, 0.6) is 0 Å². The summed E-state index contributed by atoms with van der Waals surface area (Å²) < 4.78 is 15.8. The van der Waals surface area contributed by atoms with Crippen molar-refractivity contribution in [1.82, 2.24) is 0 Å². The summed E-state index contributed by atoms with van der Waals surface area (Å²) in [7, 11) is 0. The summed E-state index contributed by atoms with van der Waals surface area (Å²) in [4.78, 5) is 0. The molecule has 0 heterocycles. The molecule has 6 heteroatoms. The van der Waals surface area contributed by atoms with E-state index in [9.17, 15) is 4.57 Å². The van der Waals surface area contributed by atoms with Crippen molar-refractivity contribution < 1.29 is 9.30 Å². The van der Waals surface area contributed by atoms with Crippen LogP contribution in [0.2, 0.25) is 0 Å². The Morgan fingerprint density at radius 1 is 1.55 bits per heavy atom. The van der Waals surface area contributed by atoms with Crippen molar-refractivity contribution in [3.05, 3.63) is 10.5 Å². The second-order valence-electron chi connectivity index (χ2n) is 1.75. The molecule has 0 spiro atoms. The number of hydrogen-bond acceptors (Lipinski definition) is 2. The molecule has 0 aromatic heterocycles. The summed E-state index contributed by atoms with van der Waals surface area (Å²) in [5.74, 6) is -3.28. The Kier molecular flexibility index (Phi) is 4.88. The van der Waals surface area contributed by atoms with Crippen LogP contribution < -0.4 is 0 Å². The first-order chi connectivity index (χ1) is 4.89. The molecule has 0 atom stereocenters. The molecule has 0 aromatic rings. The largest absolute Gasteiger partial charge is 0.483 e. The molecular formula is C5H8Cl3O2P. The van der Waals surface area contributed by atoms with E-state index in [1.54, 1.807) is 6.92 Å². The molecule has 0 aliphatic rings. The fraction of sp³-hybridized carbons (Fsp3) is 0.600. The van der Waals surface area contributed by atoms with Gasteiger partial charge >= 0.3 is 0 Å². The molecule has 0 saturated carbocycles. The molecule has 0 aliphatic carbocycles. The Labute approximate surface area is 80.4 Å². The van der Waals surface area contributed by atoms with Crippen molar-refractivity contribution in [2.75, 3.05) is 6.61 Å². The van der Waals surface area contributed by atoms with Crippen molar-refractivity contribution in [3.63, 3.8) is 0 Å². The van der Waals surface area contributed by atoms with E-state index < -0.39 is 5.85 Å². The second kappa shape index (κ2) is 4.61. The van der Waals surface area contributed by atoms with Gasteiger partial charge in [-0.05, 0) is 47.9 Å². The molecule has 2 nitrogen and oxygen atoms in total. The number of allylic oxidation sites excluding steroid dienone is 1. The number of rotatable bonds is 3. The van der Waals surface area contributed by atoms with Crippen LogP contribution in [0.1, 0.15) is 13.8 Å². The van der Waals surface area contributed by atoms with Crippen LogP contribution in [0.3, 0.4) is 0 Å². The van der Waals surface area contributed by atoms with Crippen LogP contribution in [0.4, 0.5) is 0 Å². The SMILES string of the molecule is CCO/C(Cl)=C(\C)P(=O)(Cl)Cl. The van der Waals surface area contributed by atoms with E-state index in [4.69, 9.17) is 38.8 Å². The zero-order chi connectivity index (χ0) is 9.07. The van der Waals surface area contributed by atoms with Crippen LogP contribution in [0.15, 0.2) is 10.5 Å². The van der Waals surface area contributed by atoms with Crippen LogP contribution in [-0.4, -0.2) is 6.61 Å². The van der Waals surface area contributed by atoms with Gasteiger partial charge in [0.2, 0.25) is 0 Å². The van der Waals surface area contributed by atoms with Gasteiger partial charge in [0.15, 0.2) is 5.22 Å². The molecule has 11 heavy (non-hydrogen) atoms. The van der Waals surface area contributed by atoms with Gasteiger partial charge in [-0.25, -0.2) is 0 Å². The standard InChI is InChI=1S/C5H8Cl3O2P/c1-3-10-5(6)4(2)11(7,8)9/h3H2,1-2H3/b5-4+. The normalized spacial score (nSPS) is 14.3. The smallest absolute Gasteiger partial charge is 0.282 e. The van der Waals surface area contributed by atoms with E-state index in [2.05, 4.69) is 0 Å². The summed E-state index contributed by atoms with van der Waals surface area (Å²) in [6.07, 6.45) is 0. The third-order valence-electron chi connectivity index (χ3n) is 0.946. The Hall–Kier alpha value is 0.640. The highest BCUT2D eigenvalue weighted by Crippen LogP contribution is 2.64. The fourth-order valence-electron chi connectivity index (χ4n) is 0.333. The molecule has 0 fully saturated rings. The van der Waals surface area contributed by atoms with Crippen LogP contribution in [-0.2, 0) is 9.30 Å². The first-order valence-electron chi connectivity index (χ1n) is 2.88. The minimum atomic E-state index is -3.28. The first kappa shape index (κ1) is 11.6. The Morgan fingerprint density at radius 2 is 2.00 bits per heavy atom. The number of hydrogen-bond donors (Lipinski definition) is 0. The van der Waals surface area contributed by atoms with E-state index in [1.165, 1.54) is 6.92 Å². The third-order valence-corrected chi connectivity index (χ3v) is 3.98. The van der Waals surface area contributed by atoms with Crippen LogP contribution in [0.25, 0.3) is 0 Å². The lowest BCUT2D eigenvalue weighted by Crippen LogP contribution is -1.86. The molecule has 0 radical (unpaired) electrons. The van der Waals surface area contributed by atoms with E-state index in [1.807, 2.05) is 0 Å². The molecule has 0 saturated heterocycles. The summed E-state index contributed by atoms with van der Waals surface area (Å²) in [5.41, 5.74) is 0. The van der Waals surface area contributed by atoms with Gasteiger partial charge in [-0.1, -0.05) is 0 Å². The van der Waals surface area contributed by atoms with Gasteiger partial charge in [0.1, 0.15) is 0 Å². The van der Waals surface area contributed by atoms with E-state index in [0.29, 0.717) is 6.61 Å². The minimum Gasteiger partial charge on any atom is -0.483 e. The third kappa shape index (κ3) is 4.27. The maximum absolute atomic E-state index is 10.9. The lowest BCUT2D eigenvalue weighted by molar-refractivity contribution is 0.253. The summed E-state index contributed by atoms with van der Waals surface area (Å²) in [6.45, 7) is 3.62. The molecular weight excluding hydrogens is 229 g/mol. The van der Waals surface area contributed by atoms with Gasteiger partial charge in [-0.15, -0.1) is 0 Å². The van der Waals surface area contributed by atoms with Crippen molar-refractivity contribution in [2.24, 2.45) is 0 Å². The zero-order valence-corrected chi connectivity index (χ0v) is 9.27. The highest BCUT2D eigenvalue weighted by Gasteiger charge is 2.20. The molecule has 66 valence electrons. The highest BCUT2D eigenvalue weighted by atomic mass is 35.9. The molecule has 0 unspecified atom stereocenters. The molecule has 0 aliphatic heterocycles. The Balaban J connectivity index is 4.53. The zero-order valence-electron chi connectivity index (χ0n) is 6.10. The molecule has 0 aromatic carbocycles. The number of halogens is 3. The van der Waals surface area contributed by atoms with Crippen molar-refractivity contribution in [2.45, 2.75) is 13.8 Å². The van der Waals surface area contributed by atoms with Crippen molar-refractivity contribution >= 4 is 39.9 Å². The number of ether oxygens (including phenoxy) is 1. The Morgan fingerprint density at radius 3 is 2.27 bits per heavy atom. The quantitative estimate of drug-likeness (QED) is 0.545. The summed E-state index contributed by atoms with van der Waals surface area (Å²) in [5, 5.41) is 0.199. The predicted molar refractivity (Wildman–Crippen MR) is 49.5 cm³/mol. The van der Waals surface area contributed by atoms with E-state index in [-0.39, 0.29) is 10.5 Å². The predicted octanol–water partition coefficient (Wildman–Crippen LogP) is 4.12. The lowest BCUT2D eigenvalue weighted by Gasteiger charge is -2.05. The second-order valence-corrected chi connectivity index (χ2v) is 7.07. The van der Waals surface area contributed by atoms with Gasteiger partial charge in [-0.2, -0.15) is 0 Å². The first-order valence-corrected chi connectivity index (χ1v) is 6.78. The maximum atomic E-state index is 10.9. The van der Waals surface area contributed by atoms with Gasteiger partial charge in [0.25, 0.3) is 5.85 Å². The molecule has 0 N–H and O–H groups in total. The monoisotopic (exact) mass is 236 g/mol. The lowest BCUT2D eigenvalue weighted by atomic mass is 10.7. The average molecular weight is 237 g/mol. The Bertz CT molecular complexity index is 208. The average Bonchev–Trinajstić information content (AvgIpc) is 1.85. The fourth-order valence-corrected chi connectivity index (χ4v) is 1.79. The summed E-state index contributed by atoms with van der Waals surface area (Å²) >= 11 is 16.2. The van der Waals surface area contributed by atoms with E-state index >= 15 is 0 Å². The van der Waals surface area contributed by atoms with Crippen molar-refractivity contribution in [1.29, 1.82) is 0 Å². The van der Waals surface area contributed by atoms with Crippen LogP contribution >= 0.6 is 39.9 Å². The van der Waals surface area contributed by atoms with E-state index in [0.717, 1.165) is 0 Å². The molecule has 0 bridgehead atoms. The topological polar surface area (TPSA) is 26.3 Å². The molecule has 0 rings (SSSR count). The van der Waals surface area contributed by atoms with Gasteiger partial charge < -0.3 is 4.74 Å². The molecule has 0 amide bonds. The summed E-state index contributed by atoms with van der Waals surface area (Å²) in [6, 6.07) is 0. The van der Waals surface area contributed by atoms with Crippen LogP contribution in [0, 0.1) is 0 Å².